The molecular formula is C17H23N5O2. The third-order valence-electron chi connectivity index (χ3n) is 4.51. The number of methoxy groups -OCH3 is 1. The molecule has 2 atom stereocenters. The van der Waals surface area contributed by atoms with Crippen molar-refractivity contribution >= 4 is 6.03 Å². The molecule has 2 amide bonds. The van der Waals surface area contributed by atoms with Crippen LogP contribution in [0.3, 0.4) is 0 Å². The van der Waals surface area contributed by atoms with Gasteiger partial charge in [-0.3, -0.25) is 10.1 Å². The van der Waals surface area contributed by atoms with Crippen LogP contribution >= 0.6 is 0 Å². The lowest BCUT2D eigenvalue weighted by molar-refractivity contribution is 0.176. The van der Waals surface area contributed by atoms with E-state index in [2.05, 4.69) is 20.5 Å². The van der Waals surface area contributed by atoms with Crippen molar-refractivity contribution in [3.05, 3.63) is 42.0 Å². The summed E-state index contributed by atoms with van der Waals surface area (Å²) >= 11 is 0. The molecule has 128 valence electrons. The van der Waals surface area contributed by atoms with E-state index < -0.39 is 0 Å². The fraction of sp³-hybridized carbons (Fsp3) is 0.471. The highest BCUT2D eigenvalue weighted by molar-refractivity contribution is 5.75. The van der Waals surface area contributed by atoms with Crippen LogP contribution in [0.2, 0.25) is 0 Å². The first-order valence-corrected chi connectivity index (χ1v) is 8.21. The summed E-state index contributed by atoms with van der Waals surface area (Å²) in [5.74, 6) is 0.997. The third-order valence-corrected chi connectivity index (χ3v) is 4.51. The molecule has 0 spiro atoms. The van der Waals surface area contributed by atoms with E-state index in [-0.39, 0.29) is 12.1 Å². The fourth-order valence-electron chi connectivity index (χ4n) is 3.18. The smallest absolute Gasteiger partial charge is 0.317 e. The number of aromatic nitrogens is 3. The Hall–Kier alpha value is -2.57. The summed E-state index contributed by atoms with van der Waals surface area (Å²) in [5.41, 5.74) is 2.01. The molecule has 2 aromatic heterocycles. The summed E-state index contributed by atoms with van der Waals surface area (Å²) in [6.45, 7) is 3.43. The Labute approximate surface area is 141 Å². The van der Waals surface area contributed by atoms with Gasteiger partial charge in [-0.15, -0.1) is 0 Å². The van der Waals surface area contributed by atoms with E-state index in [1.165, 1.54) is 0 Å². The number of carbonyl (C=O) groups is 1. The molecule has 3 heterocycles. The number of urea groups is 1. The first-order valence-electron chi connectivity index (χ1n) is 8.21. The maximum absolute atomic E-state index is 12.6. The predicted octanol–water partition coefficient (Wildman–Crippen LogP) is 2.46. The van der Waals surface area contributed by atoms with Crippen molar-refractivity contribution in [3.63, 3.8) is 0 Å². The maximum atomic E-state index is 12.6. The molecule has 0 saturated carbocycles. The van der Waals surface area contributed by atoms with Gasteiger partial charge in [0.15, 0.2) is 0 Å². The maximum Gasteiger partial charge on any atom is 0.317 e. The number of likely N-dealkylation sites (tertiary alicyclic amines) is 1. The average Bonchev–Trinajstić information content (AvgIpc) is 3.16. The Morgan fingerprint density at radius 3 is 3.08 bits per heavy atom. The quantitative estimate of drug-likeness (QED) is 0.902. The normalized spacial score (nSPS) is 18.9. The minimum Gasteiger partial charge on any atom is -0.495 e. The number of rotatable bonds is 4. The molecule has 7 nitrogen and oxygen atoms in total. The molecular weight excluding hydrogens is 306 g/mol. The van der Waals surface area contributed by atoms with Crippen LogP contribution < -0.4 is 10.1 Å². The highest BCUT2D eigenvalue weighted by Gasteiger charge is 2.26. The van der Waals surface area contributed by atoms with Crippen LogP contribution in [-0.4, -0.2) is 46.3 Å². The molecule has 1 saturated heterocycles. The monoisotopic (exact) mass is 329 g/mol. The Morgan fingerprint density at radius 1 is 1.46 bits per heavy atom. The van der Waals surface area contributed by atoms with E-state index in [1.807, 2.05) is 24.0 Å². The second-order valence-electron chi connectivity index (χ2n) is 6.09. The third kappa shape index (κ3) is 3.50. The van der Waals surface area contributed by atoms with Crippen molar-refractivity contribution in [2.45, 2.75) is 31.7 Å². The van der Waals surface area contributed by atoms with Crippen molar-refractivity contribution in [3.8, 4) is 5.75 Å². The van der Waals surface area contributed by atoms with Gasteiger partial charge in [0.2, 0.25) is 0 Å². The van der Waals surface area contributed by atoms with E-state index in [0.717, 1.165) is 30.6 Å². The summed E-state index contributed by atoms with van der Waals surface area (Å²) < 4.78 is 5.32. The van der Waals surface area contributed by atoms with Crippen LogP contribution in [0.4, 0.5) is 4.79 Å². The predicted molar refractivity (Wildman–Crippen MR) is 89.9 cm³/mol. The van der Waals surface area contributed by atoms with Crippen LogP contribution in [-0.2, 0) is 0 Å². The van der Waals surface area contributed by atoms with Gasteiger partial charge in [0.05, 0.1) is 19.3 Å². The van der Waals surface area contributed by atoms with Crippen molar-refractivity contribution in [2.24, 2.45) is 0 Å². The van der Waals surface area contributed by atoms with Crippen LogP contribution in [0.25, 0.3) is 0 Å². The number of amides is 2. The number of H-pyrrole nitrogens is 1. The molecule has 1 aliphatic heterocycles. The van der Waals surface area contributed by atoms with Crippen molar-refractivity contribution in [1.82, 2.24) is 25.4 Å². The largest absolute Gasteiger partial charge is 0.495 e. The number of hydrogen-bond acceptors (Lipinski definition) is 4. The second-order valence-corrected chi connectivity index (χ2v) is 6.09. The zero-order chi connectivity index (χ0) is 16.9. The number of piperidine rings is 1. The van der Waals surface area contributed by atoms with Gasteiger partial charge >= 0.3 is 6.03 Å². The van der Waals surface area contributed by atoms with Crippen molar-refractivity contribution < 1.29 is 9.53 Å². The number of aromatic amines is 1. The lowest BCUT2D eigenvalue weighted by Gasteiger charge is -2.33. The molecule has 3 rings (SSSR count). The number of ether oxygens (including phenoxy) is 1. The molecule has 7 heteroatoms. The molecule has 0 bridgehead atoms. The molecule has 1 aliphatic rings. The summed E-state index contributed by atoms with van der Waals surface area (Å²) in [6, 6.07) is 3.65. The Balaban J connectivity index is 1.64. The summed E-state index contributed by atoms with van der Waals surface area (Å²) in [5, 5.41) is 10.1. The number of nitrogens with one attached hydrogen (secondary N) is 2. The Bertz CT molecular complexity index is 673. The number of nitrogens with zero attached hydrogens (tertiary/aromatic N) is 3. The van der Waals surface area contributed by atoms with Gasteiger partial charge in [-0.2, -0.15) is 5.10 Å². The number of carbonyl (C=O) groups excluding carboxylic acids is 1. The van der Waals surface area contributed by atoms with Crippen molar-refractivity contribution in [2.75, 3.05) is 20.2 Å². The van der Waals surface area contributed by atoms with E-state index >= 15 is 0 Å². The van der Waals surface area contributed by atoms with Gasteiger partial charge < -0.3 is 15.0 Å². The van der Waals surface area contributed by atoms with Gasteiger partial charge in [0, 0.05) is 42.7 Å². The molecule has 0 unspecified atom stereocenters. The highest BCUT2D eigenvalue weighted by atomic mass is 16.5. The topological polar surface area (TPSA) is 83.1 Å². The van der Waals surface area contributed by atoms with Crippen LogP contribution in [0.15, 0.2) is 30.7 Å². The molecule has 24 heavy (non-hydrogen) atoms. The zero-order valence-corrected chi connectivity index (χ0v) is 14.0. The second kappa shape index (κ2) is 7.33. The van der Waals surface area contributed by atoms with Gasteiger partial charge in [-0.05, 0) is 31.9 Å². The minimum absolute atomic E-state index is 0.0504. The molecule has 0 aromatic carbocycles. The SMILES string of the molecule is COc1cnccc1[C@@H](C)NC(=O)N1CCC[C@H](c2ccn[nH]2)C1. The summed E-state index contributed by atoms with van der Waals surface area (Å²) in [6.07, 6.45) is 7.18. The molecule has 2 N–H and O–H groups in total. The van der Waals surface area contributed by atoms with Gasteiger partial charge in [0.1, 0.15) is 5.75 Å². The Kier molecular flexibility index (Phi) is 4.98. The zero-order valence-electron chi connectivity index (χ0n) is 14.0. The summed E-state index contributed by atoms with van der Waals surface area (Å²) in [4.78, 5) is 18.6. The standard InChI is InChI=1S/C17H23N5O2/c1-12(14-5-7-18-10-16(14)24-2)20-17(23)22-9-3-4-13(11-22)15-6-8-19-21-15/h5-8,10,12-13H,3-4,9,11H2,1-2H3,(H,19,21)(H,20,23)/t12-,13+/m1/s1. The molecule has 1 fully saturated rings. The van der Waals surface area contributed by atoms with Crippen molar-refractivity contribution in [1.29, 1.82) is 0 Å². The fourth-order valence-corrected chi connectivity index (χ4v) is 3.18. The number of hydrogen-bond donors (Lipinski definition) is 2. The highest BCUT2D eigenvalue weighted by Crippen LogP contribution is 2.27. The first kappa shape index (κ1) is 16.3. The lowest BCUT2D eigenvalue weighted by atomic mass is 9.95. The van der Waals surface area contributed by atoms with Crippen LogP contribution in [0, 0.1) is 0 Å². The molecule has 0 radical (unpaired) electrons. The van der Waals surface area contributed by atoms with Crippen LogP contribution in [0.1, 0.15) is 43.0 Å². The van der Waals surface area contributed by atoms with Gasteiger partial charge in [-0.1, -0.05) is 0 Å². The summed E-state index contributed by atoms with van der Waals surface area (Å²) in [7, 11) is 1.61. The minimum atomic E-state index is -0.150. The molecule has 2 aromatic rings. The lowest BCUT2D eigenvalue weighted by Crippen LogP contribution is -2.45. The van der Waals surface area contributed by atoms with E-state index in [1.54, 1.807) is 25.7 Å². The Morgan fingerprint density at radius 2 is 2.33 bits per heavy atom. The van der Waals surface area contributed by atoms with Gasteiger partial charge in [-0.25, -0.2) is 4.79 Å². The first-order chi connectivity index (χ1) is 11.7. The van der Waals surface area contributed by atoms with E-state index in [0.29, 0.717) is 18.2 Å². The van der Waals surface area contributed by atoms with Crippen LogP contribution in [0.5, 0.6) is 5.75 Å². The number of pyridine rings is 1. The van der Waals surface area contributed by atoms with Gasteiger partial charge in [0.25, 0.3) is 0 Å². The average molecular weight is 329 g/mol. The van der Waals surface area contributed by atoms with E-state index in [4.69, 9.17) is 4.74 Å². The van der Waals surface area contributed by atoms with E-state index in [9.17, 15) is 4.79 Å². The molecule has 0 aliphatic carbocycles.